The number of phenols is 1. The van der Waals surface area contributed by atoms with Gasteiger partial charge in [0.25, 0.3) is 5.91 Å². The average Bonchev–Trinajstić information content (AvgIpc) is 2.85. The Labute approximate surface area is 111 Å². The molecule has 1 atom stereocenters. The van der Waals surface area contributed by atoms with Gasteiger partial charge in [-0.2, -0.15) is 0 Å². The third-order valence-corrected chi connectivity index (χ3v) is 3.64. The summed E-state index contributed by atoms with van der Waals surface area (Å²) in [6.45, 7) is 1.22. The molecule has 1 saturated heterocycles. The molecule has 1 amide bonds. The van der Waals surface area contributed by atoms with Crippen molar-refractivity contribution < 1.29 is 9.90 Å². The van der Waals surface area contributed by atoms with Crippen LogP contribution in [-0.2, 0) is 0 Å². The van der Waals surface area contributed by atoms with Crippen molar-refractivity contribution in [2.24, 2.45) is 5.73 Å². The van der Waals surface area contributed by atoms with Crippen molar-refractivity contribution in [3.8, 4) is 5.75 Å². The summed E-state index contributed by atoms with van der Waals surface area (Å²) in [6.07, 6.45) is 0.820. The van der Waals surface area contributed by atoms with Gasteiger partial charge < -0.3 is 15.7 Å². The number of hydrogen-bond acceptors (Lipinski definition) is 3. The molecule has 0 saturated carbocycles. The zero-order valence-corrected chi connectivity index (χ0v) is 10.5. The second-order valence-corrected chi connectivity index (χ2v) is 4.98. The van der Waals surface area contributed by atoms with Gasteiger partial charge in [0.2, 0.25) is 0 Å². The molecule has 0 spiro atoms. The second kappa shape index (κ2) is 4.55. The molecule has 1 heterocycles. The van der Waals surface area contributed by atoms with E-state index < -0.39 is 0 Å². The molecule has 4 nitrogen and oxygen atoms in total. The molecule has 0 aromatic heterocycles. The zero-order valence-electron chi connectivity index (χ0n) is 10.5. The van der Waals surface area contributed by atoms with Crippen LogP contribution in [0.15, 0.2) is 36.4 Å². The minimum absolute atomic E-state index is 0.0477. The molecule has 0 bridgehead atoms. The maximum absolute atomic E-state index is 12.4. The number of fused-ring (bicyclic) bond motifs is 1. The van der Waals surface area contributed by atoms with Crippen molar-refractivity contribution >= 4 is 16.7 Å². The Kier molecular flexibility index (Phi) is 2.87. The van der Waals surface area contributed by atoms with Gasteiger partial charge in [0.1, 0.15) is 5.75 Å². The first-order chi connectivity index (χ1) is 9.16. The first-order valence-corrected chi connectivity index (χ1v) is 6.42. The standard InChI is InChI=1S/C15H16N2O2/c16-11-7-8-17(9-11)15(19)13-6-5-10-3-1-2-4-12(10)14(13)18/h1-6,11,18H,7-9,16H2. The summed E-state index contributed by atoms with van der Waals surface area (Å²) >= 11 is 0. The van der Waals surface area contributed by atoms with Crippen LogP contribution < -0.4 is 5.73 Å². The van der Waals surface area contributed by atoms with Crippen LogP contribution >= 0.6 is 0 Å². The summed E-state index contributed by atoms with van der Waals surface area (Å²) < 4.78 is 0. The van der Waals surface area contributed by atoms with E-state index >= 15 is 0 Å². The lowest BCUT2D eigenvalue weighted by molar-refractivity contribution is 0.0788. The number of rotatable bonds is 1. The number of likely N-dealkylation sites (tertiary alicyclic amines) is 1. The van der Waals surface area contributed by atoms with Crippen molar-refractivity contribution in [1.29, 1.82) is 0 Å². The number of nitrogens with zero attached hydrogens (tertiary/aromatic N) is 1. The van der Waals surface area contributed by atoms with Crippen LogP contribution in [-0.4, -0.2) is 35.0 Å². The van der Waals surface area contributed by atoms with Crippen LogP contribution in [0.25, 0.3) is 10.8 Å². The molecule has 3 N–H and O–H groups in total. The Hall–Kier alpha value is -2.07. The second-order valence-electron chi connectivity index (χ2n) is 4.98. The number of amides is 1. The van der Waals surface area contributed by atoms with E-state index in [0.29, 0.717) is 24.0 Å². The van der Waals surface area contributed by atoms with Gasteiger partial charge >= 0.3 is 0 Å². The summed E-state index contributed by atoms with van der Waals surface area (Å²) in [5, 5.41) is 11.9. The minimum atomic E-state index is -0.142. The quantitative estimate of drug-likeness (QED) is 0.816. The van der Waals surface area contributed by atoms with Crippen LogP contribution in [0.1, 0.15) is 16.8 Å². The molecule has 1 aliphatic heterocycles. The van der Waals surface area contributed by atoms with Crippen LogP contribution in [0.2, 0.25) is 0 Å². The molecule has 98 valence electrons. The van der Waals surface area contributed by atoms with Gasteiger partial charge in [-0.25, -0.2) is 0 Å². The summed E-state index contributed by atoms with van der Waals surface area (Å²) in [6, 6.07) is 11.1. The number of carbonyl (C=O) groups excluding carboxylic acids is 1. The van der Waals surface area contributed by atoms with Crippen molar-refractivity contribution in [1.82, 2.24) is 4.90 Å². The van der Waals surface area contributed by atoms with Crippen LogP contribution in [0.4, 0.5) is 0 Å². The van der Waals surface area contributed by atoms with E-state index in [1.807, 2.05) is 30.3 Å². The molecule has 0 radical (unpaired) electrons. The summed E-state index contributed by atoms with van der Waals surface area (Å²) in [5.41, 5.74) is 6.17. The molecule has 2 aromatic rings. The topological polar surface area (TPSA) is 66.6 Å². The molecule has 4 heteroatoms. The monoisotopic (exact) mass is 256 g/mol. The third-order valence-electron chi connectivity index (χ3n) is 3.64. The molecule has 3 rings (SSSR count). The number of phenolic OH excluding ortho intramolecular Hbond substituents is 1. The smallest absolute Gasteiger partial charge is 0.257 e. The van der Waals surface area contributed by atoms with E-state index in [-0.39, 0.29) is 17.7 Å². The maximum atomic E-state index is 12.4. The normalized spacial score (nSPS) is 19.0. The van der Waals surface area contributed by atoms with Crippen molar-refractivity contribution in [3.05, 3.63) is 42.0 Å². The number of nitrogens with two attached hydrogens (primary N) is 1. The molecule has 0 aliphatic carbocycles. The zero-order chi connectivity index (χ0) is 13.4. The number of hydrogen-bond donors (Lipinski definition) is 2. The van der Waals surface area contributed by atoms with Gasteiger partial charge in [0.15, 0.2) is 0 Å². The molecule has 2 aromatic carbocycles. The van der Waals surface area contributed by atoms with Crippen LogP contribution in [0, 0.1) is 0 Å². The highest BCUT2D eigenvalue weighted by atomic mass is 16.3. The van der Waals surface area contributed by atoms with E-state index in [0.717, 1.165) is 11.8 Å². The van der Waals surface area contributed by atoms with E-state index in [1.54, 1.807) is 11.0 Å². The van der Waals surface area contributed by atoms with E-state index in [9.17, 15) is 9.90 Å². The molecular formula is C15H16N2O2. The largest absolute Gasteiger partial charge is 0.506 e. The highest BCUT2D eigenvalue weighted by molar-refractivity contribution is 6.03. The van der Waals surface area contributed by atoms with Crippen LogP contribution in [0.3, 0.4) is 0 Å². The fraction of sp³-hybridized carbons (Fsp3) is 0.267. The molecule has 1 fully saturated rings. The van der Waals surface area contributed by atoms with Gasteiger partial charge in [-0.15, -0.1) is 0 Å². The fourth-order valence-corrected chi connectivity index (χ4v) is 2.57. The van der Waals surface area contributed by atoms with Gasteiger partial charge in [0, 0.05) is 24.5 Å². The fourth-order valence-electron chi connectivity index (χ4n) is 2.57. The first kappa shape index (κ1) is 12.0. The van der Waals surface area contributed by atoms with Gasteiger partial charge in [0.05, 0.1) is 5.56 Å². The SMILES string of the molecule is NC1CCN(C(=O)c2ccc3ccccc3c2O)C1. The molecular weight excluding hydrogens is 240 g/mol. The minimum Gasteiger partial charge on any atom is -0.506 e. The average molecular weight is 256 g/mol. The Morgan fingerprint density at radius 2 is 2.05 bits per heavy atom. The number of aromatic hydroxyl groups is 1. The lowest BCUT2D eigenvalue weighted by atomic mass is 10.0. The lowest BCUT2D eigenvalue weighted by Gasteiger charge is -2.17. The van der Waals surface area contributed by atoms with Crippen molar-refractivity contribution in [2.45, 2.75) is 12.5 Å². The van der Waals surface area contributed by atoms with E-state index in [1.165, 1.54) is 0 Å². The molecule has 1 aliphatic rings. The van der Waals surface area contributed by atoms with Crippen molar-refractivity contribution in [3.63, 3.8) is 0 Å². The summed E-state index contributed by atoms with van der Waals surface area (Å²) in [7, 11) is 0. The van der Waals surface area contributed by atoms with Gasteiger partial charge in [-0.1, -0.05) is 30.3 Å². The van der Waals surface area contributed by atoms with E-state index in [4.69, 9.17) is 5.73 Å². The van der Waals surface area contributed by atoms with Gasteiger partial charge in [-0.3, -0.25) is 4.79 Å². The van der Waals surface area contributed by atoms with Crippen LogP contribution in [0.5, 0.6) is 5.75 Å². The predicted octanol–water partition coefficient (Wildman–Crippen LogP) is 1.72. The Morgan fingerprint density at radius 1 is 1.26 bits per heavy atom. The third kappa shape index (κ3) is 2.04. The molecule has 1 unspecified atom stereocenters. The highest BCUT2D eigenvalue weighted by Gasteiger charge is 2.26. The number of carbonyl (C=O) groups is 1. The molecule has 19 heavy (non-hydrogen) atoms. The Bertz CT molecular complexity index is 639. The first-order valence-electron chi connectivity index (χ1n) is 6.42. The highest BCUT2D eigenvalue weighted by Crippen LogP contribution is 2.30. The lowest BCUT2D eigenvalue weighted by Crippen LogP contribution is -2.31. The van der Waals surface area contributed by atoms with Gasteiger partial charge in [-0.05, 0) is 17.9 Å². The Balaban J connectivity index is 2.01. The predicted molar refractivity (Wildman–Crippen MR) is 74.1 cm³/mol. The summed E-state index contributed by atoms with van der Waals surface area (Å²) in [5.74, 6) is -0.0835. The summed E-state index contributed by atoms with van der Waals surface area (Å²) in [4.78, 5) is 14.1. The number of benzene rings is 2. The van der Waals surface area contributed by atoms with E-state index in [2.05, 4.69) is 0 Å². The maximum Gasteiger partial charge on any atom is 0.257 e. The van der Waals surface area contributed by atoms with Crippen molar-refractivity contribution in [2.75, 3.05) is 13.1 Å². The Morgan fingerprint density at radius 3 is 2.79 bits per heavy atom.